The van der Waals surface area contributed by atoms with Gasteiger partial charge < -0.3 is 29.9 Å². The van der Waals surface area contributed by atoms with Gasteiger partial charge >= 0.3 is 0 Å². The van der Waals surface area contributed by atoms with Crippen LogP contribution in [0.4, 0.5) is 4.39 Å². The van der Waals surface area contributed by atoms with E-state index in [1.165, 1.54) is 57.8 Å². The van der Waals surface area contributed by atoms with Crippen LogP contribution in [0.3, 0.4) is 0 Å². The van der Waals surface area contributed by atoms with Gasteiger partial charge in [0, 0.05) is 6.42 Å². The first-order chi connectivity index (χ1) is 14.5. The van der Waals surface area contributed by atoms with Gasteiger partial charge in [0.15, 0.2) is 6.29 Å². The second kappa shape index (κ2) is 17.3. The zero-order valence-electron chi connectivity index (χ0n) is 18.8. The highest BCUT2D eigenvalue weighted by Gasteiger charge is 2.43. The van der Waals surface area contributed by atoms with Gasteiger partial charge in [0.1, 0.15) is 30.6 Å². The third-order valence-corrected chi connectivity index (χ3v) is 5.93. The Morgan fingerprint density at radius 1 is 0.767 bits per heavy atom. The number of hydrogen-bond donors (Lipinski definition) is 4. The Morgan fingerprint density at radius 3 is 1.83 bits per heavy atom. The fourth-order valence-corrected chi connectivity index (χ4v) is 3.87. The van der Waals surface area contributed by atoms with Gasteiger partial charge in [-0.05, 0) is 6.42 Å². The lowest BCUT2D eigenvalue weighted by Crippen LogP contribution is -2.59. The molecule has 1 aliphatic rings. The van der Waals surface area contributed by atoms with E-state index in [9.17, 15) is 19.7 Å². The van der Waals surface area contributed by atoms with Crippen molar-refractivity contribution in [2.75, 3.05) is 13.2 Å². The summed E-state index contributed by atoms with van der Waals surface area (Å²) < 4.78 is 24.6. The summed E-state index contributed by atoms with van der Waals surface area (Å²) >= 11 is 0. The molecular weight excluding hydrogens is 391 g/mol. The molecule has 0 saturated carbocycles. The molecule has 7 heteroatoms. The van der Waals surface area contributed by atoms with Crippen molar-refractivity contribution in [1.82, 2.24) is 0 Å². The predicted molar refractivity (Wildman–Crippen MR) is 115 cm³/mol. The molecule has 0 radical (unpaired) electrons. The van der Waals surface area contributed by atoms with Gasteiger partial charge in [-0.2, -0.15) is 0 Å². The number of hydrogen-bond acceptors (Lipinski definition) is 6. The molecule has 1 fully saturated rings. The first-order valence-corrected chi connectivity index (χ1v) is 12.1. The second-order valence-electron chi connectivity index (χ2n) is 8.63. The number of aliphatic hydroxyl groups is 4. The van der Waals surface area contributed by atoms with Crippen molar-refractivity contribution in [3.05, 3.63) is 0 Å². The quantitative estimate of drug-likeness (QED) is 0.245. The third kappa shape index (κ3) is 11.3. The van der Waals surface area contributed by atoms with Crippen molar-refractivity contribution in [1.29, 1.82) is 0 Å². The molecule has 6 atom stereocenters. The molecule has 30 heavy (non-hydrogen) atoms. The van der Waals surface area contributed by atoms with Crippen molar-refractivity contribution in [2.24, 2.45) is 0 Å². The van der Waals surface area contributed by atoms with E-state index in [0.29, 0.717) is 6.42 Å². The predicted octanol–water partition coefficient (Wildman–Crippen LogP) is 3.62. The van der Waals surface area contributed by atoms with Gasteiger partial charge in [-0.25, -0.2) is 4.39 Å². The lowest BCUT2D eigenvalue weighted by molar-refractivity contribution is -0.301. The van der Waals surface area contributed by atoms with Crippen LogP contribution in [0.15, 0.2) is 0 Å². The van der Waals surface area contributed by atoms with E-state index < -0.39 is 43.5 Å². The van der Waals surface area contributed by atoms with Crippen LogP contribution in [0.1, 0.15) is 96.8 Å². The Morgan fingerprint density at radius 2 is 1.30 bits per heavy atom. The Labute approximate surface area is 181 Å². The van der Waals surface area contributed by atoms with E-state index in [1.54, 1.807) is 0 Å². The van der Waals surface area contributed by atoms with Crippen LogP contribution < -0.4 is 0 Å². The Hall–Kier alpha value is -0.310. The molecule has 4 N–H and O–H groups in total. The van der Waals surface area contributed by atoms with Crippen LogP contribution in [0.2, 0.25) is 0 Å². The van der Waals surface area contributed by atoms with Crippen LogP contribution in [0.5, 0.6) is 0 Å². The monoisotopic (exact) mass is 436 g/mol. The van der Waals surface area contributed by atoms with Gasteiger partial charge in [-0.1, -0.05) is 84.0 Å². The minimum absolute atomic E-state index is 0.0438. The highest BCUT2D eigenvalue weighted by Crippen LogP contribution is 2.22. The Kier molecular flexibility index (Phi) is 16.0. The largest absolute Gasteiger partial charge is 0.394 e. The van der Waals surface area contributed by atoms with Crippen molar-refractivity contribution >= 4 is 0 Å². The summed E-state index contributed by atoms with van der Waals surface area (Å²) in [5.74, 6) is 0. The summed E-state index contributed by atoms with van der Waals surface area (Å²) in [6.07, 6.45) is 8.17. The minimum atomic E-state index is -1.47. The van der Waals surface area contributed by atoms with E-state index in [4.69, 9.17) is 14.6 Å². The van der Waals surface area contributed by atoms with Crippen LogP contribution in [0, 0.1) is 0 Å². The maximum absolute atomic E-state index is 14.0. The molecule has 0 aromatic heterocycles. The zero-order valence-corrected chi connectivity index (χ0v) is 18.8. The van der Waals surface area contributed by atoms with E-state index in [2.05, 4.69) is 6.92 Å². The molecule has 180 valence electrons. The van der Waals surface area contributed by atoms with Crippen molar-refractivity contribution < 1.29 is 34.3 Å². The smallest absolute Gasteiger partial charge is 0.186 e. The van der Waals surface area contributed by atoms with Crippen LogP contribution in [-0.4, -0.2) is 70.5 Å². The number of alkyl halides is 1. The number of rotatable bonds is 18. The summed E-state index contributed by atoms with van der Waals surface area (Å²) in [5, 5.41) is 38.5. The Balaban J connectivity index is 1.97. The Bertz CT molecular complexity index is 398. The molecule has 1 aliphatic heterocycles. The van der Waals surface area contributed by atoms with Gasteiger partial charge in [-0.3, -0.25) is 0 Å². The molecule has 3 unspecified atom stereocenters. The highest BCUT2D eigenvalue weighted by molar-refractivity contribution is 4.88. The first kappa shape index (κ1) is 27.7. The average Bonchev–Trinajstić information content (AvgIpc) is 2.74. The number of halogens is 1. The van der Waals surface area contributed by atoms with Crippen LogP contribution >= 0.6 is 0 Å². The molecule has 1 rings (SSSR count). The van der Waals surface area contributed by atoms with E-state index in [1.807, 2.05) is 0 Å². The molecule has 0 aromatic carbocycles. The molecule has 0 aliphatic carbocycles. The lowest BCUT2D eigenvalue weighted by atomic mass is 9.99. The van der Waals surface area contributed by atoms with Gasteiger partial charge in [-0.15, -0.1) is 0 Å². The standard InChI is InChI=1S/C23H45FO6/c1-2-3-4-5-6-7-8-9-10-11-12-13-14-18(24)15-16-29-23-22(28)21(27)20(26)19(17-25)30-23/h18-23,25-28H,2-17H2,1H3/t18-,19?,20+,21?,22?,23+/m1/s1. The van der Waals surface area contributed by atoms with E-state index >= 15 is 0 Å². The fourth-order valence-electron chi connectivity index (χ4n) is 3.87. The van der Waals surface area contributed by atoms with E-state index in [-0.39, 0.29) is 13.0 Å². The highest BCUT2D eigenvalue weighted by atomic mass is 19.1. The van der Waals surface area contributed by atoms with Crippen molar-refractivity contribution in [3.63, 3.8) is 0 Å². The maximum Gasteiger partial charge on any atom is 0.186 e. The molecule has 0 bridgehead atoms. The minimum Gasteiger partial charge on any atom is -0.394 e. The molecule has 1 heterocycles. The lowest BCUT2D eigenvalue weighted by Gasteiger charge is -2.39. The third-order valence-electron chi connectivity index (χ3n) is 5.93. The van der Waals surface area contributed by atoms with Crippen LogP contribution in [-0.2, 0) is 9.47 Å². The zero-order chi connectivity index (χ0) is 22.2. The summed E-state index contributed by atoms with van der Waals surface area (Å²) in [7, 11) is 0. The average molecular weight is 437 g/mol. The summed E-state index contributed by atoms with van der Waals surface area (Å²) in [6, 6.07) is 0. The topological polar surface area (TPSA) is 99.4 Å². The molecule has 1 saturated heterocycles. The van der Waals surface area contributed by atoms with Crippen molar-refractivity contribution in [3.8, 4) is 0 Å². The second-order valence-corrected chi connectivity index (χ2v) is 8.63. The first-order valence-electron chi connectivity index (χ1n) is 12.1. The molecule has 0 spiro atoms. The normalized spacial score (nSPS) is 28.0. The number of ether oxygens (including phenoxy) is 2. The van der Waals surface area contributed by atoms with Crippen LogP contribution in [0.25, 0.3) is 0 Å². The van der Waals surface area contributed by atoms with Crippen molar-refractivity contribution in [2.45, 2.75) is 134 Å². The number of unbranched alkanes of at least 4 members (excludes halogenated alkanes) is 11. The van der Waals surface area contributed by atoms with E-state index in [0.717, 1.165) is 19.3 Å². The summed E-state index contributed by atoms with van der Waals surface area (Å²) in [4.78, 5) is 0. The number of aliphatic hydroxyl groups excluding tert-OH is 4. The fraction of sp³-hybridized carbons (Fsp3) is 1.00. The van der Waals surface area contributed by atoms with Gasteiger partial charge in [0.2, 0.25) is 0 Å². The SMILES string of the molecule is CCCCCCCCCCCCCC[C@@H](F)CCO[C@H]1OC(CO)[C@H](O)C(O)C1O. The molecule has 0 amide bonds. The summed E-state index contributed by atoms with van der Waals surface area (Å²) in [6.45, 7) is 1.78. The summed E-state index contributed by atoms with van der Waals surface area (Å²) in [5.41, 5.74) is 0. The van der Waals surface area contributed by atoms with Gasteiger partial charge in [0.25, 0.3) is 0 Å². The molecular formula is C23H45FO6. The molecule has 0 aromatic rings. The van der Waals surface area contributed by atoms with Gasteiger partial charge in [0.05, 0.1) is 13.2 Å². The molecule has 6 nitrogen and oxygen atoms in total. The maximum atomic E-state index is 14.0.